The van der Waals surface area contributed by atoms with Crippen molar-refractivity contribution in [2.24, 2.45) is 0 Å². The molecule has 1 amide bonds. The van der Waals surface area contributed by atoms with E-state index in [1.807, 2.05) is 42.5 Å². The number of ether oxygens (including phenoxy) is 1. The minimum Gasteiger partial charge on any atom is -0.484 e. The molecular weight excluding hydrogens is 409 g/mol. The van der Waals surface area contributed by atoms with Crippen LogP contribution in [0.2, 0.25) is 10.0 Å². The summed E-state index contributed by atoms with van der Waals surface area (Å²) < 4.78 is 7.27. The van der Waals surface area contributed by atoms with Gasteiger partial charge in [-0.2, -0.15) is 5.10 Å². The van der Waals surface area contributed by atoms with E-state index in [0.717, 1.165) is 16.3 Å². The molecule has 4 rings (SSSR count). The van der Waals surface area contributed by atoms with Gasteiger partial charge in [0.1, 0.15) is 5.75 Å². The Balaban J connectivity index is 1.35. The van der Waals surface area contributed by atoms with Gasteiger partial charge in [-0.1, -0.05) is 59.6 Å². The standard InChI is InChI=1S/C22H17Cl2N3O2/c23-20-6-3-7-21(24)19(20)13-27-12-17(11-25-27)26-22(28)14-29-18-9-8-15-4-1-2-5-16(15)10-18/h1-12H,13-14H2,(H,26,28). The van der Waals surface area contributed by atoms with Crippen molar-refractivity contribution in [3.63, 3.8) is 0 Å². The van der Waals surface area contributed by atoms with Gasteiger partial charge in [-0.05, 0) is 35.0 Å². The Labute approximate surface area is 177 Å². The summed E-state index contributed by atoms with van der Waals surface area (Å²) >= 11 is 12.4. The van der Waals surface area contributed by atoms with Crippen LogP contribution in [0.15, 0.2) is 73.1 Å². The molecule has 0 aliphatic carbocycles. The van der Waals surface area contributed by atoms with Crippen LogP contribution in [0.5, 0.6) is 5.75 Å². The lowest BCUT2D eigenvalue weighted by Crippen LogP contribution is -2.19. The van der Waals surface area contributed by atoms with Crippen LogP contribution in [0.1, 0.15) is 5.56 Å². The molecule has 29 heavy (non-hydrogen) atoms. The van der Waals surface area contributed by atoms with Gasteiger partial charge in [-0.15, -0.1) is 0 Å². The van der Waals surface area contributed by atoms with E-state index in [0.29, 0.717) is 28.0 Å². The summed E-state index contributed by atoms with van der Waals surface area (Å²) in [5.74, 6) is 0.372. The number of nitrogens with zero attached hydrogens (tertiary/aromatic N) is 2. The Hall–Kier alpha value is -3.02. The number of carbonyl (C=O) groups is 1. The molecule has 0 fully saturated rings. The van der Waals surface area contributed by atoms with Gasteiger partial charge in [0.05, 0.1) is 18.4 Å². The van der Waals surface area contributed by atoms with E-state index in [-0.39, 0.29) is 12.5 Å². The number of amides is 1. The lowest BCUT2D eigenvalue weighted by atomic mass is 10.1. The molecule has 1 heterocycles. The van der Waals surface area contributed by atoms with Crippen molar-refractivity contribution in [2.75, 3.05) is 11.9 Å². The number of carbonyl (C=O) groups excluding carboxylic acids is 1. The van der Waals surface area contributed by atoms with Crippen LogP contribution in [-0.2, 0) is 11.3 Å². The summed E-state index contributed by atoms with van der Waals surface area (Å²) in [5, 5.41) is 10.3. The number of rotatable bonds is 6. The average Bonchev–Trinajstić information content (AvgIpc) is 3.16. The Kier molecular flexibility index (Phi) is 5.69. The molecule has 0 saturated heterocycles. The predicted octanol–water partition coefficient (Wildman–Crippen LogP) is 5.41. The van der Waals surface area contributed by atoms with Crippen LogP contribution < -0.4 is 10.1 Å². The second-order valence-electron chi connectivity index (χ2n) is 6.47. The molecule has 0 bridgehead atoms. The van der Waals surface area contributed by atoms with E-state index < -0.39 is 0 Å². The van der Waals surface area contributed by atoms with E-state index in [4.69, 9.17) is 27.9 Å². The fourth-order valence-electron chi connectivity index (χ4n) is 2.96. The van der Waals surface area contributed by atoms with Crippen LogP contribution >= 0.6 is 23.2 Å². The minimum atomic E-state index is -0.270. The number of nitrogens with one attached hydrogen (secondary N) is 1. The third-order valence-corrected chi connectivity index (χ3v) is 5.10. The van der Waals surface area contributed by atoms with Crippen LogP contribution in [-0.4, -0.2) is 22.3 Å². The molecule has 0 atom stereocenters. The number of hydrogen-bond donors (Lipinski definition) is 1. The first kappa shape index (κ1) is 19.3. The van der Waals surface area contributed by atoms with E-state index in [2.05, 4.69) is 10.4 Å². The van der Waals surface area contributed by atoms with Gasteiger partial charge in [-0.25, -0.2) is 0 Å². The zero-order valence-corrected chi connectivity index (χ0v) is 16.8. The van der Waals surface area contributed by atoms with Gasteiger partial charge in [-0.3, -0.25) is 9.48 Å². The van der Waals surface area contributed by atoms with Crippen LogP contribution in [0.3, 0.4) is 0 Å². The molecule has 0 saturated carbocycles. The molecule has 5 nitrogen and oxygen atoms in total. The van der Waals surface area contributed by atoms with Gasteiger partial charge in [0.15, 0.2) is 6.61 Å². The Morgan fingerprint density at radius 2 is 1.76 bits per heavy atom. The monoisotopic (exact) mass is 425 g/mol. The van der Waals surface area contributed by atoms with Crippen molar-refractivity contribution >= 4 is 45.6 Å². The Morgan fingerprint density at radius 1 is 1.00 bits per heavy atom. The van der Waals surface area contributed by atoms with Crippen molar-refractivity contribution in [3.8, 4) is 5.75 Å². The highest BCUT2D eigenvalue weighted by Crippen LogP contribution is 2.25. The zero-order valence-electron chi connectivity index (χ0n) is 15.3. The molecule has 146 valence electrons. The molecule has 3 aromatic carbocycles. The number of aromatic nitrogens is 2. The average molecular weight is 426 g/mol. The molecule has 1 aromatic heterocycles. The summed E-state index contributed by atoms with van der Waals surface area (Å²) in [5.41, 5.74) is 1.34. The largest absolute Gasteiger partial charge is 0.484 e. The SMILES string of the molecule is O=C(COc1ccc2ccccc2c1)Nc1cnn(Cc2c(Cl)cccc2Cl)c1. The summed E-state index contributed by atoms with van der Waals surface area (Å²) in [6.45, 7) is 0.307. The molecule has 1 N–H and O–H groups in total. The normalized spacial score (nSPS) is 10.8. The van der Waals surface area contributed by atoms with E-state index >= 15 is 0 Å². The van der Waals surface area contributed by atoms with Gasteiger partial charge in [0, 0.05) is 21.8 Å². The van der Waals surface area contributed by atoms with E-state index in [1.165, 1.54) is 0 Å². The Morgan fingerprint density at radius 3 is 2.55 bits per heavy atom. The number of fused-ring (bicyclic) bond motifs is 1. The van der Waals surface area contributed by atoms with Gasteiger partial charge in [0.2, 0.25) is 0 Å². The van der Waals surface area contributed by atoms with Crippen molar-refractivity contribution in [1.82, 2.24) is 9.78 Å². The van der Waals surface area contributed by atoms with Crippen molar-refractivity contribution in [2.45, 2.75) is 6.54 Å². The molecule has 0 unspecified atom stereocenters. The third kappa shape index (κ3) is 4.70. The first-order chi connectivity index (χ1) is 14.1. The lowest BCUT2D eigenvalue weighted by Gasteiger charge is -2.08. The topological polar surface area (TPSA) is 56.1 Å². The maximum Gasteiger partial charge on any atom is 0.262 e. The van der Waals surface area contributed by atoms with Crippen LogP contribution in [0.25, 0.3) is 10.8 Å². The fraction of sp³-hybridized carbons (Fsp3) is 0.0909. The summed E-state index contributed by atoms with van der Waals surface area (Å²) in [6.07, 6.45) is 3.28. The van der Waals surface area contributed by atoms with Gasteiger partial charge >= 0.3 is 0 Å². The highest BCUT2D eigenvalue weighted by Gasteiger charge is 2.09. The number of anilines is 1. The van der Waals surface area contributed by atoms with Crippen molar-refractivity contribution in [1.29, 1.82) is 0 Å². The summed E-state index contributed by atoms with van der Waals surface area (Å²) in [7, 11) is 0. The molecule has 0 aliphatic rings. The first-order valence-electron chi connectivity index (χ1n) is 8.95. The number of halogens is 2. The smallest absolute Gasteiger partial charge is 0.262 e. The van der Waals surface area contributed by atoms with Crippen molar-refractivity contribution < 1.29 is 9.53 Å². The van der Waals surface area contributed by atoms with Gasteiger partial charge in [0.25, 0.3) is 5.91 Å². The van der Waals surface area contributed by atoms with Gasteiger partial charge < -0.3 is 10.1 Å². The molecule has 4 aromatic rings. The maximum atomic E-state index is 12.2. The summed E-state index contributed by atoms with van der Waals surface area (Å²) in [6, 6.07) is 19.0. The molecule has 0 aliphatic heterocycles. The van der Waals surface area contributed by atoms with E-state index in [1.54, 1.807) is 35.3 Å². The molecule has 7 heteroatoms. The third-order valence-electron chi connectivity index (χ3n) is 4.39. The number of hydrogen-bond acceptors (Lipinski definition) is 3. The second kappa shape index (κ2) is 8.55. The maximum absolute atomic E-state index is 12.2. The first-order valence-corrected chi connectivity index (χ1v) is 9.71. The zero-order chi connectivity index (χ0) is 20.2. The fourth-order valence-corrected chi connectivity index (χ4v) is 3.48. The minimum absolute atomic E-state index is 0.0974. The molecular formula is C22H17Cl2N3O2. The predicted molar refractivity (Wildman–Crippen MR) is 116 cm³/mol. The van der Waals surface area contributed by atoms with Crippen LogP contribution in [0, 0.1) is 0 Å². The Bertz CT molecular complexity index is 1150. The molecule has 0 spiro atoms. The van der Waals surface area contributed by atoms with E-state index in [9.17, 15) is 4.79 Å². The lowest BCUT2D eigenvalue weighted by molar-refractivity contribution is -0.118. The van der Waals surface area contributed by atoms with Crippen molar-refractivity contribution in [3.05, 3.63) is 88.7 Å². The molecule has 0 radical (unpaired) electrons. The summed E-state index contributed by atoms with van der Waals surface area (Å²) in [4.78, 5) is 12.2. The highest BCUT2D eigenvalue weighted by atomic mass is 35.5. The van der Waals surface area contributed by atoms with Crippen LogP contribution in [0.4, 0.5) is 5.69 Å². The quantitative estimate of drug-likeness (QED) is 0.449. The highest BCUT2D eigenvalue weighted by molar-refractivity contribution is 6.35. The number of benzene rings is 3. The second-order valence-corrected chi connectivity index (χ2v) is 7.29.